The van der Waals surface area contributed by atoms with Gasteiger partial charge in [-0.05, 0) is 60.7 Å². The van der Waals surface area contributed by atoms with Crippen molar-refractivity contribution >= 4 is 51.5 Å². The van der Waals surface area contributed by atoms with E-state index in [2.05, 4.69) is 9.88 Å². The minimum absolute atomic E-state index is 0.289. The molecule has 4 aromatic rings. The third kappa shape index (κ3) is 5.59. The smallest absolute Gasteiger partial charge is 0.294 e. The molecule has 186 valence electrons. The van der Waals surface area contributed by atoms with Crippen LogP contribution in [0.4, 0.5) is 10.5 Å². The summed E-state index contributed by atoms with van der Waals surface area (Å²) < 4.78 is 7.92. The zero-order chi connectivity index (χ0) is 25.8. The van der Waals surface area contributed by atoms with Crippen molar-refractivity contribution in [1.82, 2.24) is 9.47 Å². The number of amides is 3. The predicted octanol–water partition coefficient (Wildman–Crippen LogP) is 5.70. The lowest BCUT2D eigenvalue weighted by atomic mass is 10.1. The second-order valence-corrected chi connectivity index (χ2v) is 9.64. The second-order valence-electron chi connectivity index (χ2n) is 8.64. The highest BCUT2D eigenvalue weighted by Gasteiger charge is 2.36. The Kier molecular flexibility index (Phi) is 7.09. The minimum Gasteiger partial charge on any atom is -0.492 e. The number of para-hydroxylation sites is 2. The number of hydrogen-bond acceptors (Lipinski definition) is 5. The van der Waals surface area contributed by atoms with Crippen LogP contribution < -0.4 is 10.1 Å². The van der Waals surface area contributed by atoms with Crippen molar-refractivity contribution in [3.8, 4) is 5.75 Å². The number of nitrogens with one attached hydrogen (secondary N) is 1. The Morgan fingerprint density at radius 1 is 1.00 bits per heavy atom. The van der Waals surface area contributed by atoms with E-state index in [0.717, 1.165) is 44.4 Å². The lowest BCUT2D eigenvalue weighted by molar-refractivity contribution is -0.127. The highest BCUT2D eigenvalue weighted by Crippen LogP contribution is 2.34. The third-order valence-corrected chi connectivity index (χ3v) is 6.83. The second kappa shape index (κ2) is 10.8. The summed E-state index contributed by atoms with van der Waals surface area (Å²) in [5, 5.41) is 3.25. The number of aromatic nitrogens is 1. The summed E-state index contributed by atoms with van der Waals surface area (Å²) in [5.74, 6) is -0.0953. The first kappa shape index (κ1) is 24.4. The van der Waals surface area contributed by atoms with E-state index in [9.17, 15) is 14.4 Å². The van der Waals surface area contributed by atoms with Gasteiger partial charge < -0.3 is 14.6 Å². The van der Waals surface area contributed by atoms with Gasteiger partial charge >= 0.3 is 0 Å². The van der Waals surface area contributed by atoms with Gasteiger partial charge in [0, 0.05) is 28.4 Å². The molecule has 0 spiro atoms. The maximum absolute atomic E-state index is 13.0. The fourth-order valence-corrected chi connectivity index (χ4v) is 5.03. The Balaban J connectivity index is 1.30. The molecule has 0 saturated carbocycles. The summed E-state index contributed by atoms with van der Waals surface area (Å²) >= 11 is 0.845. The number of carbonyl (C=O) groups excluding carboxylic acids is 3. The molecule has 1 saturated heterocycles. The van der Waals surface area contributed by atoms with E-state index in [0.29, 0.717) is 18.8 Å². The standard InChI is InChI=1S/C29H25N3O4S/c1-20-8-7-9-22(16-20)30-27(33)19-32-28(34)26(37-29(32)35)17-21-18-31(25-13-6-5-12-24(21)25)14-15-36-23-10-3-2-4-11-23/h2-13,16-18H,14-15,19H2,1H3,(H,30,33)/b26-17-. The van der Waals surface area contributed by atoms with Crippen LogP contribution in [0.2, 0.25) is 0 Å². The molecule has 1 fully saturated rings. The largest absolute Gasteiger partial charge is 0.492 e. The molecule has 1 N–H and O–H groups in total. The molecule has 2 heterocycles. The van der Waals surface area contributed by atoms with Gasteiger partial charge in [-0.2, -0.15) is 0 Å². The zero-order valence-corrected chi connectivity index (χ0v) is 21.0. The van der Waals surface area contributed by atoms with Crippen LogP contribution in [-0.2, 0) is 16.1 Å². The lowest BCUT2D eigenvalue weighted by Crippen LogP contribution is -2.36. The molecule has 0 unspecified atom stereocenters. The molecule has 3 amide bonds. The molecule has 37 heavy (non-hydrogen) atoms. The molecule has 1 aliphatic heterocycles. The first-order valence-electron chi connectivity index (χ1n) is 11.9. The molecule has 8 heteroatoms. The highest BCUT2D eigenvalue weighted by atomic mass is 32.2. The van der Waals surface area contributed by atoms with Crippen molar-refractivity contribution in [2.45, 2.75) is 13.5 Å². The summed E-state index contributed by atoms with van der Waals surface area (Å²) in [6.45, 7) is 2.68. The zero-order valence-electron chi connectivity index (χ0n) is 20.2. The number of aryl methyl sites for hydroxylation is 1. The van der Waals surface area contributed by atoms with Crippen LogP contribution in [-0.4, -0.2) is 39.7 Å². The van der Waals surface area contributed by atoms with E-state index in [1.165, 1.54) is 0 Å². The molecule has 3 aromatic carbocycles. The summed E-state index contributed by atoms with van der Waals surface area (Å²) in [4.78, 5) is 39.4. The fourth-order valence-electron chi connectivity index (χ4n) is 4.20. The summed E-state index contributed by atoms with van der Waals surface area (Å²) in [6, 6.07) is 24.9. The molecule has 1 aliphatic rings. The molecule has 1 aromatic heterocycles. The van der Waals surface area contributed by atoms with Crippen molar-refractivity contribution in [3.63, 3.8) is 0 Å². The molecular weight excluding hydrogens is 486 g/mol. The van der Waals surface area contributed by atoms with E-state index >= 15 is 0 Å². The van der Waals surface area contributed by atoms with E-state index in [1.807, 2.05) is 85.9 Å². The third-order valence-electron chi connectivity index (χ3n) is 5.93. The number of rotatable bonds is 8. The Morgan fingerprint density at radius 2 is 1.78 bits per heavy atom. The number of hydrogen-bond donors (Lipinski definition) is 1. The molecule has 0 atom stereocenters. The molecule has 0 bridgehead atoms. The lowest BCUT2D eigenvalue weighted by Gasteiger charge is -2.12. The van der Waals surface area contributed by atoms with Crippen molar-refractivity contribution in [2.24, 2.45) is 0 Å². The van der Waals surface area contributed by atoms with Gasteiger partial charge in [0.25, 0.3) is 11.1 Å². The molecule has 7 nitrogen and oxygen atoms in total. The number of thioether (sulfide) groups is 1. The Hall–Kier alpha value is -4.30. The number of imide groups is 1. The predicted molar refractivity (Wildman–Crippen MR) is 146 cm³/mol. The Bertz CT molecular complexity index is 1510. The van der Waals surface area contributed by atoms with Crippen molar-refractivity contribution in [1.29, 1.82) is 0 Å². The van der Waals surface area contributed by atoms with Gasteiger partial charge in [0.15, 0.2) is 0 Å². The topological polar surface area (TPSA) is 80.6 Å². The van der Waals surface area contributed by atoms with Gasteiger partial charge in [0.1, 0.15) is 18.9 Å². The molecule has 0 radical (unpaired) electrons. The highest BCUT2D eigenvalue weighted by molar-refractivity contribution is 8.18. The normalized spacial score (nSPS) is 14.5. The Morgan fingerprint density at radius 3 is 2.59 bits per heavy atom. The monoisotopic (exact) mass is 511 g/mol. The van der Waals surface area contributed by atoms with Crippen LogP contribution in [0.15, 0.2) is 90.0 Å². The number of benzene rings is 3. The number of ether oxygens (including phenoxy) is 1. The van der Waals surface area contributed by atoms with Crippen molar-refractivity contribution in [2.75, 3.05) is 18.5 Å². The first-order valence-corrected chi connectivity index (χ1v) is 12.7. The van der Waals surface area contributed by atoms with Crippen LogP contribution >= 0.6 is 11.8 Å². The maximum Gasteiger partial charge on any atom is 0.294 e. The van der Waals surface area contributed by atoms with Crippen LogP contribution in [0.5, 0.6) is 5.75 Å². The van der Waals surface area contributed by atoms with Crippen LogP contribution in [0.1, 0.15) is 11.1 Å². The van der Waals surface area contributed by atoms with E-state index in [-0.39, 0.29) is 11.4 Å². The number of fused-ring (bicyclic) bond motifs is 1. The number of nitrogens with zero attached hydrogens (tertiary/aromatic N) is 2. The Labute approximate surface area is 218 Å². The van der Waals surface area contributed by atoms with Gasteiger partial charge in [-0.15, -0.1) is 0 Å². The molecular formula is C29H25N3O4S. The van der Waals surface area contributed by atoms with E-state index in [1.54, 1.807) is 12.1 Å². The quantitative estimate of drug-likeness (QED) is 0.307. The minimum atomic E-state index is -0.473. The molecule has 0 aliphatic carbocycles. The SMILES string of the molecule is Cc1cccc(NC(=O)CN2C(=O)S/C(=C\c3cn(CCOc4ccccc4)c4ccccc34)C2=O)c1. The van der Waals surface area contributed by atoms with E-state index < -0.39 is 17.1 Å². The van der Waals surface area contributed by atoms with Crippen LogP contribution in [0.25, 0.3) is 17.0 Å². The number of carbonyl (C=O) groups is 3. The average Bonchev–Trinajstić information content (AvgIpc) is 3.37. The first-order chi connectivity index (χ1) is 18.0. The van der Waals surface area contributed by atoms with Crippen molar-refractivity contribution < 1.29 is 19.1 Å². The van der Waals surface area contributed by atoms with Gasteiger partial charge in [0.05, 0.1) is 11.4 Å². The van der Waals surface area contributed by atoms with Gasteiger partial charge in [0.2, 0.25) is 5.91 Å². The maximum atomic E-state index is 13.0. The van der Waals surface area contributed by atoms with Crippen molar-refractivity contribution in [3.05, 3.63) is 101 Å². The van der Waals surface area contributed by atoms with Gasteiger partial charge in [-0.25, -0.2) is 0 Å². The summed E-state index contributed by atoms with van der Waals surface area (Å²) in [5.41, 5.74) is 3.45. The van der Waals surface area contributed by atoms with Crippen LogP contribution in [0, 0.1) is 6.92 Å². The molecule has 5 rings (SSSR count). The number of anilines is 1. The van der Waals surface area contributed by atoms with Gasteiger partial charge in [-0.1, -0.05) is 48.5 Å². The average molecular weight is 512 g/mol. The van der Waals surface area contributed by atoms with Gasteiger partial charge in [-0.3, -0.25) is 19.3 Å². The summed E-state index contributed by atoms with van der Waals surface area (Å²) in [7, 11) is 0. The van der Waals surface area contributed by atoms with Crippen LogP contribution in [0.3, 0.4) is 0 Å². The van der Waals surface area contributed by atoms with E-state index in [4.69, 9.17) is 4.74 Å². The summed E-state index contributed by atoms with van der Waals surface area (Å²) in [6.07, 6.45) is 3.68. The fraction of sp³-hybridized carbons (Fsp3) is 0.138.